The molecule has 1 aliphatic heterocycles. The van der Waals surface area contributed by atoms with Crippen molar-refractivity contribution >= 4 is 34.7 Å². The van der Waals surface area contributed by atoms with Crippen LogP contribution in [-0.2, 0) is 9.59 Å². The highest BCUT2D eigenvalue weighted by molar-refractivity contribution is 6.51. The number of aryl methyl sites for hydroxylation is 1. The van der Waals surface area contributed by atoms with Crippen molar-refractivity contribution in [2.45, 2.75) is 13.0 Å². The fraction of sp³-hybridized carbons (Fsp3) is 0.120. The second-order valence-electron chi connectivity index (χ2n) is 7.47. The van der Waals surface area contributed by atoms with Gasteiger partial charge in [0.1, 0.15) is 23.1 Å². The highest BCUT2D eigenvalue weighted by Gasteiger charge is 2.48. The Balaban J connectivity index is 1.97. The van der Waals surface area contributed by atoms with E-state index in [1.54, 1.807) is 6.07 Å². The summed E-state index contributed by atoms with van der Waals surface area (Å²) in [6.07, 6.45) is 0. The lowest BCUT2D eigenvalue weighted by Crippen LogP contribution is -2.29. The van der Waals surface area contributed by atoms with Gasteiger partial charge >= 0.3 is 0 Å². The Morgan fingerprint density at radius 2 is 1.76 bits per heavy atom. The summed E-state index contributed by atoms with van der Waals surface area (Å²) in [7, 11) is 1.43. The topological polar surface area (TPSA) is 66.8 Å². The molecule has 0 radical (unpaired) electrons. The lowest BCUT2D eigenvalue weighted by molar-refractivity contribution is -0.132. The van der Waals surface area contributed by atoms with E-state index >= 15 is 0 Å². The number of amides is 1. The largest absolute Gasteiger partial charge is 0.507 e. The first-order chi connectivity index (χ1) is 15.7. The SMILES string of the molecule is COc1ccc(N2C(=O)C(=O)/C(=C(/O)c3ccc(F)c(C)c3)C2c2ccccc2F)cc1Cl. The zero-order valence-corrected chi connectivity index (χ0v) is 18.4. The maximum Gasteiger partial charge on any atom is 0.300 e. The minimum absolute atomic E-state index is 0.00373. The maximum atomic E-state index is 14.9. The predicted molar refractivity (Wildman–Crippen MR) is 120 cm³/mol. The van der Waals surface area contributed by atoms with Crippen LogP contribution in [-0.4, -0.2) is 23.9 Å². The fourth-order valence-electron chi connectivity index (χ4n) is 3.84. The Hall–Kier alpha value is -3.71. The third kappa shape index (κ3) is 3.85. The lowest BCUT2D eigenvalue weighted by Gasteiger charge is -2.26. The molecule has 0 spiro atoms. The van der Waals surface area contributed by atoms with E-state index in [9.17, 15) is 23.5 Å². The molecular weight excluding hydrogens is 452 g/mol. The molecule has 0 aromatic heterocycles. The van der Waals surface area contributed by atoms with Crippen LogP contribution in [0.15, 0.2) is 66.2 Å². The van der Waals surface area contributed by atoms with Crippen LogP contribution in [0.25, 0.3) is 5.76 Å². The van der Waals surface area contributed by atoms with Crippen molar-refractivity contribution in [1.29, 1.82) is 0 Å². The maximum absolute atomic E-state index is 14.9. The average Bonchev–Trinajstić information content (AvgIpc) is 3.05. The molecule has 0 aliphatic carbocycles. The Labute approximate surface area is 193 Å². The van der Waals surface area contributed by atoms with Gasteiger partial charge in [0.2, 0.25) is 0 Å². The van der Waals surface area contributed by atoms with E-state index in [1.807, 2.05) is 0 Å². The number of rotatable bonds is 4. The molecule has 8 heteroatoms. The number of hydrogen-bond donors (Lipinski definition) is 1. The molecule has 1 atom stereocenters. The number of ether oxygens (including phenoxy) is 1. The predicted octanol–water partition coefficient (Wildman–Crippen LogP) is 5.56. The van der Waals surface area contributed by atoms with Gasteiger partial charge < -0.3 is 9.84 Å². The minimum atomic E-state index is -1.28. The molecule has 33 heavy (non-hydrogen) atoms. The van der Waals surface area contributed by atoms with Crippen molar-refractivity contribution in [3.63, 3.8) is 0 Å². The fourth-order valence-corrected chi connectivity index (χ4v) is 4.09. The normalized spacial score (nSPS) is 17.5. The first-order valence-electron chi connectivity index (χ1n) is 9.90. The number of carbonyl (C=O) groups is 2. The number of carbonyl (C=O) groups excluding carboxylic acids is 2. The summed E-state index contributed by atoms with van der Waals surface area (Å²) in [5.41, 5.74) is 0.260. The van der Waals surface area contributed by atoms with Gasteiger partial charge in [0.15, 0.2) is 0 Å². The summed E-state index contributed by atoms with van der Waals surface area (Å²) < 4.78 is 33.8. The summed E-state index contributed by atoms with van der Waals surface area (Å²) in [5, 5.41) is 11.2. The number of aliphatic hydroxyl groups is 1. The molecule has 1 unspecified atom stereocenters. The first-order valence-corrected chi connectivity index (χ1v) is 10.3. The summed E-state index contributed by atoms with van der Waals surface area (Å²) in [6.45, 7) is 1.50. The van der Waals surface area contributed by atoms with Crippen molar-refractivity contribution in [3.05, 3.63) is 99.6 Å². The van der Waals surface area contributed by atoms with Crippen LogP contribution in [0.3, 0.4) is 0 Å². The van der Waals surface area contributed by atoms with E-state index in [2.05, 4.69) is 0 Å². The molecule has 0 saturated carbocycles. The number of Topliss-reactive ketones (excluding diaryl/α,β-unsaturated/α-hetero) is 1. The zero-order valence-electron chi connectivity index (χ0n) is 17.6. The third-order valence-corrected chi connectivity index (χ3v) is 5.78. The molecule has 1 heterocycles. The van der Waals surface area contributed by atoms with Crippen LogP contribution in [0.2, 0.25) is 5.02 Å². The summed E-state index contributed by atoms with van der Waals surface area (Å²) in [6, 6.07) is 12.6. The van der Waals surface area contributed by atoms with Crippen molar-refractivity contribution < 1.29 is 28.2 Å². The van der Waals surface area contributed by atoms with E-state index in [1.165, 1.54) is 62.6 Å². The summed E-state index contributed by atoms with van der Waals surface area (Å²) >= 11 is 6.23. The van der Waals surface area contributed by atoms with Gasteiger partial charge in [-0.15, -0.1) is 0 Å². The molecule has 5 nitrogen and oxygen atoms in total. The van der Waals surface area contributed by atoms with Crippen molar-refractivity contribution in [2.75, 3.05) is 12.0 Å². The van der Waals surface area contributed by atoms with Gasteiger partial charge in [0, 0.05) is 16.8 Å². The lowest BCUT2D eigenvalue weighted by atomic mass is 9.94. The monoisotopic (exact) mass is 469 g/mol. The number of halogens is 3. The quantitative estimate of drug-likeness (QED) is 0.308. The molecule has 1 aliphatic rings. The van der Waals surface area contributed by atoms with E-state index in [0.717, 1.165) is 11.0 Å². The first kappa shape index (κ1) is 22.5. The van der Waals surface area contributed by atoms with E-state index < -0.39 is 35.1 Å². The number of aliphatic hydroxyl groups excluding tert-OH is 1. The number of nitrogens with zero attached hydrogens (tertiary/aromatic N) is 1. The van der Waals surface area contributed by atoms with Gasteiger partial charge in [0.05, 0.1) is 23.7 Å². The molecular formula is C25H18ClF2NO4. The molecule has 1 fully saturated rings. The molecule has 1 N–H and O–H groups in total. The van der Waals surface area contributed by atoms with E-state index in [4.69, 9.17) is 16.3 Å². The summed E-state index contributed by atoms with van der Waals surface area (Å²) in [5.74, 6) is -3.33. The molecule has 1 saturated heterocycles. The summed E-state index contributed by atoms with van der Waals surface area (Å²) in [4.78, 5) is 27.3. The van der Waals surface area contributed by atoms with Crippen LogP contribution >= 0.6 is 11.6 Å². The number of methoxy groups -OCH3 is 1. The van der Waals surface area contributed by atoms with E-state index in [-0.39, 0.29) is 33.0 Å². The van der Waals surface area contributed by atoms with Crippen LogP contribution in [0, 0.1) is 18.6 Å². The Kier molecular flexibility index (Phi) is 5.91. The molecule has 1 amide bonds. The Bertz CT molecular complexity index is 1320. The van der Waals surface area contributed by atoms with Crippen molar-refractivity contribution in [3.8, 4) is 5.75 Å². The molecule has 0 bridgehead atoms. The third-order valence-electron chi connectivity index (χ3n) is 5.49. The van der Waals surface area contributed by atoms with Crippen LogP contribution < -0.4 is 9.64 Å². The second kappa shape index (κ2) is 8.67. The molecule has 168 valence electrons. The van der Waals surface area contributed by atoms with Gasteiger partial charge in [-0.1, -0.05) is 29.8 Å². The number of anilines is 1. The van der Waals surface area contributed by atoms with Crippen LogP contribution in [0.4, 0.5) is 14.5 Å². The molecule has 4 rings (SSSR count). The zero-order chi connectivity index (χ0) is 23.9. The number of ketones is 1. The highest BCUT2D eigenvalue weighted by Crippen LogP contribution is 2.44. The van der Waals surface area contributed by atoms with E-state index in [0.29, 0.717) is 5.75 Å². The second-order valence-corrected chi connectivity index (χ2v) is 7.88. The van der Waals surface area contributed by atoms with Crippen LogP contribution in [0.5, 0.6) is 5.75 Å². The van der Waals surface area contributed by atoms with Gasteiger partial charge in [-0.3, -0.25) is 14.5 Å². The van der Waals surface area contributed by atoms with Crippen molar-refractivity contribution in [2.24, 2.45) is 0 Å². The smallest absolute Gasteiger partial charge is 0.300 e. The van der Waals surface area contributed by atoms with Gasteiger partial charge in [-0.2, -0.15) is 0 Å². The Morgan fingerprint density at radius 3 is 2.39 bits per heavy atom. The minimum Gasteiger partial charge on any atom is -0.507 e. The average molecular weight is 470 g/mol. The van der Waals surface area contributed by atoms with Crippen LogP contribution in [0.1, 0.15) is 22.7 Å². The Morgan fingerprint density at radius 1 is 1.03 bits per heavy atom. The molecule has 3 aromatic carbocycles. The van der Waals surface area contributed by atoms with Gasteiger partial charge in [0.25, 0.3) is 11.7 Å². The molecule has 3 aromatic rings. The number of benzene rings is 3. The van der Waals surface area contributed by atoms with Crippen molar-refractivity contribution in [1.82, 2.24) is 0 Å². The highest BCUT2D eigenvalue weighted by atomic mass is 35.5. The number of hydrogen-bond acceptors (Lipinski definition) is 4. The van der Waals surface area contributed by atoms with Gasteiger partial charge in [-0.25, -0.2) is 8.78 Å². The van der Waals surface area contributed by atoms with Gasteiger partial charge in [-0.05, 0) is 55.0 Å². The standard InChI is InChI=1S/C25H18ClF2NO4/c1-13-11-14(7-9-18(13)27)23(30)21-22(16-5-3-4-6-19(16)28)29(25(32)24(21)31)15-8-10-20(33-2)17(26)12-15/h3-12,22,30H,1-2H3/b23-21+.